The third-order valence-corrected chi connectivity index (χ3v) is 6.61. The molecule has 1 amide bonds. The Kier molecular flexibility index (Phi) is 10.8. The average molecular weight is 467 g/mol. The molecular weight excluding hydrogens is 420 g/mol. The number of amides is 1. The molecule has 1 heterocycles. The van der Waals surface area contributed by atoms with Crippen LogP contribution in [0.5, 0.6) is 0 Å². The molecule has 0 aliphatic carbocycles. The summed E-state index contributed by atoms with van der Waals surface area (Å²) in [5, 5.41) is 5.38. The predicted molar refractivity (Wildman–Crippen MR) is 145 cm³/mol. The van der Waals surface area contributed by atoms with E-state index in [1.165, 1.54) is 38.0 Å². The van der Waals surface area contributed by atoms with Crippen LogP contribution < -0.4 is 5.32 Å². The molecule has 0 bridgehead atoms. The summed E-state index contributed by atoms with van der Waals surface area (Å²) >= 11 is 0. The van der Waals surface area contributed by atoms with Crippen LogP contribution in [0.25, 0.3) is 10.8 Å². The van der Waals surface area contributed by atoms with Crippen molar-refractivity contribution < 1.29 is 4.79 Å². The number of benzene rings is 2. The Morgan fingerprint density at radius 3 is 2.06 bits per heavy atom. The van der Waals surface area contributed by atoms with Crippen molar-refractivity contribution >= 4 is 16.7 Å². The summed E-state index contributed by atoms with van der Waals surface area (Å²) in [5.41, 5.74) is 0.743. The fourth-order valence-electron chi connectivity index (χ4n) is 4.98. The van der Waals surface area contributed by atoms with E-state index in [1.807, 2.05) is 30.3 Å². The quantitative estimate of drug-likeness (QED) is 0.439. The number of carbonyl (C=O) groups excluding carboxylic acids is 1. The van der Waals surface area contributed by atoms with Gasteiger partial charge in [0.25, 0.3) is 5.91 Å². The molecule has 0 saturated carbocycles. The predicted octanol–water partition coefficient (Wildman–Crippen LogP) is 4.58. The fraction of sp³-hybridized carbons (Fsp3) is 0.621. The minimum Gasteiger partial charge on any atom is -0.352 e. The van der Waals surface area contributed by atoms with E-state index in [9.17, 15) is 4.79 Å². The zero-order chi connectivity index (χ0) is 24.3. The Labute approximate surface area is 207 Å². The molecule has 0 atom stereocenters. The molecule has 2 aromatic carbocycles. The Balaban J connectivity index is 1.28. The molecule has 1 aliphatic rings. The minimum atomic E-state index is 0.0274. The van der Waals surface area contributed by atoms with Crippen LogP contribution in [0.1, 0.15) is 50.9 Å². The Morgan fingerprint density at radius 1 is 0.853 bits per heavy atom. The third kappa shape index (κ3) is 9.01. The Morgan fingerprint density at radius 2 is 1.44 bits per heavy atom. The van der Waals surface area contributed by atoms with Crippen LogP contribution in [0.15, 0.2) is 42.5 Å². The molecule has 1 aliphatic heterocycles. The van der Waals surface area contributed by atoms with Gasteiger partial charge in [-0.3, -0.25) is 4.79 Å². The zero-order valence-corrected chi connectivity index (χ0v) is 21.9. The number of fused-ring (bicyclic) bond motifs is 1. The standard InChI is InChI=1S/C29H46N4O/c1-24(2)22-33(23-25(3)4)16-8-15-32-19-17-31(18-20-32)14-7-13-30-29(34)28-12-11-26-9-5-6-10-27(26)21-28/h5-6,9-12,21,24-25H,7-8,13-20,22-23H2,1-4H3,(H,30,34). The van der Waals surface area contributed by atoms with Crippen LogP contribution in [0, 0.1) is 11.8 Å². The van der Waals surface area contributed by atoms with Gasteiger partial charge in [-0.05, 0) is 67.2 Å². The highest BCUT2D eigenvalue weighted by Gasteiger charge is 2.17. The maximum absolute atomic E-state index is 12.5. The molecule has 5 heteroatoms. The number of carbonyl (C=O) groups is 1. The SMILES string of the molecule is CC(C)CN(CCCN1CCN(CCCNC(=O)c2ccc3ccccc3c2)CC1)CC(C)C. The van der Waals surface area contributed by atoms with Gasteiger partial charge in [0.1, 0.15) is 0 Å². The number of piperazine rings is 1. The lowest BCUT2D eigenvalue weighted by molar-refractivity contribution is 0.0947. The highest BCUT2D eigenvalue weighted by atomic mass is 16.1. The molecule has 188 valence electrons. The Bertz CT molecular complexity index is 863. The van der Waals surface area contributed by atoms with E-state index >= 15 is 0 Å². The molecule has 1 saturated heterocycles. The van der Waals surface area contributed by atoms with E-state index in [0.717, 1.165) is 68.5 Å². The van der Waals surface area contributed by atoms with Crippen molar-refractivity contribution in [3.05, 3.63) is 48.0 Å². The van der Waals surface area contributed by atoms with E-state index < -0.39 is 0 Å². The first-order chi connectivity index (χ1) is 16.4. The van der Waals surface area contributed by atoms with Crippen molar-refractivity contribution in [3.63, 3.8) is 0 Å². The monoisotopic (exact) mass is 466 g/mol. The van der Waals surface area contributed by atoms with Crippen molar-refractivity contribution in [1.29, 1.82) is 0 Å². The molecule has 5 nitrogen and oxygen atoms in total. The maximum Gasteiger partial charge on any atom is 0.251 e. The minimum absolute atomic E-state index is 0.0274. The molecule has 34 heavy (non-hydrogen) atoms. The maximum atomic E-state index is 12.5. The largest absolute Gasteiger partial charge is 0.352 e. The van der Waals surface area contributed by atoms with Gasteiger partial charge in [-0.1, -0.05) is 58.0 Å². The van der Waals surface area contributed by atoms with Gasteiger partial charge in [0.05, 0.1) is 0 Å². The zero-order valence-electron chi connectivity index (χ0n) is 21.9. The number of nitrogens with one attached hydrogen (secondary N) is 1. The van der Waals surface area contributed by atoms with Gasteiger partial charge in [-0.2, -0.15) is 0 Å². The van der Waals surface area contributed by atoms with E-state index in [4.69, 9.17) is 0 Å². The van der Waals surface area contributed by atoms with Gasteiger partial charge in [0, 0.05) is 51.4 Å². The molecule has 1 fully saturated rings. The van der Waals surface area contributed by atoms with Gasteiger partial charge >= 0.3 is 0 Å². The molecule has 0 spiro atoms. The van der Waals surface area contributed by atoms with Crippen molar-refractivity contribution in [3.8, 4) is 0 Å². The van der Waals surface area contributed by atoms with E-state index in [2.05, 4.69) is 59.8 Å². The van der Waals surface area contributed by atoms with E-state index in [-0.39, 0.29) is 5.91 Å². The molecule has 0 aromatic heterocycles. The van der Waals surface area contributed by atoms with Crippen molar-refractivity contribution in [2.24, 2.45) is 11.8 Å². The summed E-state index contributed by atoms with van der Waals surface area (Å²) in [5.74, 6) is 1.50. The molecule has 0 unspecified atom stereocenters. The van der Waals surface area contributed by atoms with Gasteiger partial charge in [0.15, 0.2) is 0 Å². The first kappa shape index (κ1) is 26.7. The van der Waals surface area contributed by atoms with Crippen molar-refractivity contribution in [2.75, 3.05) is 65.4 Å². The molecule has 3 rings (SSSR count). The molecule has 0 radical (unpaired) electrons. The van der Waals surface area contributed by atoms with Crippen LogP contribution in [0.4, 0.5) is 0 Å². The number of rotatable bonds is 13. The number of hydrogen-bond donors (Lipinski definition) is 1. The number of nitrogens with zero attached hydrogens (tertiary/aromatic N) is 3. The van der Waals surface area contributed by atoms with Gasteiger partial charge in [-0.15, -0.1) is 0 Å². The number of hydrogen-bond acceptors (Lipinski definition) is 4. The van der Waals surface area contributed by atoms with Crippen molar-refractivity contribution in [2.45, 2.75) is 40.5 Å². The molecule has 2 aromatic rings. The average Bonchev–Trinajstić information content (AvgIpc) is 2.81. The second-order valence-electron chi connectivity index (χ2n) is 10.8. The third-order valence-electron chi connectivity index (χ3n) is 6.61. The smallest absolute Gasteiger partial charge is 0.251 e. The van der Waals surface area contributed by atoms with E-state index in [0.29, 0.717) is 0 Å². The molecule has 1 N–H and O–H groups in total. The van der Waals surface area contributed by atoms with Crippen LogP contribution in [0.3, 0.4) is 0 Å². The summed E-state index contributed by atoms with van der Waals surface area (Å²) in [6.45, 7) is 20.5. The summed E-state index contributed by atoms with van der Waals surface area (Å²) in [6, 6.07) is 14.1. The first-order valence-corrected chi connectivity index (χ1v) is 13.3. The summed E-state index contributed by atoms with van der Waals surface area (Å²) < 4.78 is 0. The van der Waals surface area contributed by atoms with Crippen LogP contribution in [-0.4, -0.2) is 86.1 Å². The van der Waals surface area contributed by atoms with Crippen molar-refractivity contribution in [1.82, 2.24) is 20.0 Å². The highest BCUT2D eigenvalue weighted by molar-refractivity contribution is 5.98. The second kappa shape index (κ2) is 13.8. The second-order valence-corrected chi connectivity index (χ2v) is 10.8. The van der Waals surface area contributed by atoms with Crippen LogP contribution >= 0.6 is 0 Å². The summed E-state index contributed by atoms with van der Waals surface area (Å²) in [4.78, 5) is 20.3. The van der Waals surface area contributed by atoms with Gasteiger partial charge < -0.3 is 20.0 Å². The normalized spacial score (nSPS) is 15.6. The topological polar surface area (TPSA) is 38.8 Å². The first-order valence-electron chi connectivity index (χ1n) is 13.3. The van der Waals surface area contributed by atoms with Crippen LogP contribution in [-0.2, 0) is 0 Å². The summed E-state index contributed by atoms with van der Waals surface area (Å²) in [7, 11) is 0. The Hall–Kier alpha value is -1.95. The van der Waals surface area contributed by atoms with Crippen LogP contribution in [0.2, 0.25) is 0 Å². The molecular formula is C29H46N4O. The van der Waals surface area contributed by atoms with E-state index in [1.54, 1.807) is 0 Å². The van der Waals surface area contributed by atoms with Gasteiger partial charge in [0.2, 0.25) is 0 Å². The lowest BCUT2D eigenvalue weighted by atomic mass is 10.1. The highest BCUT2D eigenvalue weighted by Crippen LogP contribution is 2.15. The lowest BCUT2D eigenvalue weighted by Gasteiger charge is -2.35. The fourth-order valence-corrected chi connectivity index (χ4v) is 4.98. The summed E-state index contributed by atoms with van der Waals surface area (Å²) in [6.07, 6.45) is 2.26. The van der Waals surface area contributed by atoms with Gasteiger partial charge in [-0.25, -0.2) is 0 Å². The lowest BCUT2D eigenvalue weighted by Crippen LogP contribution is -2.47.